The third kappa shape index (κ3) is 5.31. The number of nitrogens with one attached hydrogen (secondary N) is 3. The van der Waals surface area contributed by atoms with Crippen LogP contribution in [0.3, 0.4) is 0 Å². The van der Waals surface area contributed by atoms with Crippen LogP contribution in [0, 0.1) is 5.41 Å². The zero-order valence-corrected chi connectivity index (χ0v) is 13.8. The van der Waals surface area contributed by atoms with Crippen LogP contribution in [-0.2, 0) is 11.2 Å². The Morgan fingerprint density at radius 1 is 1.38 bits per heavy atom. The minimum absolute atomic E-state index is 0.0423. The van der Waals surface area contributed by atoms with Crippen LogP contribution in [0.4, 0.5) is 0 Å². The number of benzene rings is 1. The summed E-state index contributed by atoms with van der Waals surface area (Å²) in [6.07, 6.45) is 1.88. The van der Waals surface area contributed by atoms with E-state index in [2.05, 4.69) is 10.6 Å². The second kappa shape index (κ2) is 8.39. The summed E-state index contributed by atoms with van der Waals surface area (Å²) in [7, 11) is 0. The lowest BCUT2D eigenvalue weighted by atomic mass is 10.1. The van der Waals surface area contributed by atoms with Crippen molar-refractivity contribution in [3.05, 3.63) is 23.8 Å². The number of guanidine groups is 1. The van der Waals surface area contributed by atoms with Crippen molar-refractivity contribution in [2.75, 3.05) is 13.3 Å². The fourth-order valence-corrected chi connectivity index (χ4v) is 2.50. The van der Waals surface area contributed by atoms with E-state index in [0.29, 0.717) is 25.8 Å². The number of fused-ring (bicyclic) bond motifs is 1. The number of ether oxygens (including phenoxy) is 2. The maximum absolute atomic E-state index is 12.1. The summed E-state index contributed by atoms with van der Waals surface area (Å²) in [6.45, 7) is 2.72. The van der Waals surface area contributed by atoms with Crippen molar-refractivity contribution in [2.24, 2.45) is 11.5 Å². The van der Waals surface area contributed by atoms with Gasteiger partial charge in [0.2, 0.25) is 12.7 Å². The van der Waals surface area contributed by atoms with Crippen LogP contribution < -0.4 is 31.6 Å². The first kappa shape index (κ1) is 17.9. The lowest BCUT2D eigenvalue weighted by molar-refractivity contribution is -0.123. The fourth-order valence-electron chi connectivity index (χ4n) is 2.50. The molecule has 8 nitrogen and oxygen atoms in total. The normalized spacial score (nSPS) is 14.8. The number of carbonyl (C=O) groups is 1. The van der Waals surface area contributed by atoms with Gasteiger partial charge in [-0.1, -0.05) is 6.07 Å². The van der Waals surface area contributed by atoms with Crippen molar-refractivity contribution >= 4 is 11.9 Å². The Hall–Kier alpha value is -2.48. The summed E-state index contributed by atoms with van der Waals surface area (Å²) in [5.74, 6) is 1.23. The molecule has 1 aromatic rings. The first-order chi connectivity index (χ1) is 11.5. The molecule has 2 rings (SSSR count). The molecule has 1 heterocycles. The van der Waals surface area contributed by atoms with Gasteiger partial charge in [0.25, 0.3) is 0 Å². The Balaban J connectivity index is 1.73. The second-order valence-electron chi connectivity index (χ2n) is 5.89. The molecule has 1 aliphatic heterocycles. The zero-order chi connectivity index (χ0) is 17.5. The summed E-state index contributed by atoms with van der Waals surface area (Å²) in [4.78, 5) is 12.1. The molecular weight excluding hydrogens is 310 g/mol. The number of hydrogen-bond donors (Lipinski definition) is 5. The molecule has 0 aromatic heterocycles. The summed E-state index contributed by atoms with van der Waals surface area (Å²) >= 11 is 0. The van der Waals surface area contributed by atoms with Crippen LogP contribution in [-0.4, -0.2) is 37.3 Å². The van der Waals surface area contributed by atoms with Crippen molar-refractivity contribution in [1.29, 1.82) is 5.41 Å². The highest BCUT2D eigenvalue weighted by molar-refractivity contribution is 5.81. The first-order valence-corrected chi connectivity index (χ1v) is 7.98. The van der Waals surface area contributed by atoms with Crippen LogP contribution in [0.2, 0.25) is 0 Å². The van der Waals surface area contributed by atoms with Crippen molar-refractivity contribution in [1.82, 2.24) is 10.6 Å². The molecule has 0 saturated heterocycles. The highest BCUT2D eigenvalue weighted by atomic mass is 16.7. The van der Waals surface area contributed by atoms with Gasteiger partial charge in [-0.05, 0) is 43.9 Å². The maximum atomic E-state index is 12.1. The molecule has 0 radical (unpaired) electrons. The third-order valence-electron chi connectivity index (χ3n) is 3.71. The van der Waals surface area contributed by atoms with Crippen LogP contribution in [0.25, 0.3) is 0 Å². The van der Waals surface area contributed by atoms with E-state index >= 15 is 0 Å². The summed E-state index contributed by atoms with van der Waals surface area (Å²) in [5, 5.41) is 12.7. The Labute approximate surface area is 141 Å². The molecular formula is C16H25N5O3. The lowest BCUT2D eigenvalue weighted by Crippen LogP contribution is -2.45. The van der Waals surface area contributed by atoms with Crippen LogP contribution in [0.1, 0.15) is 25.3 Å². The fraction of sp³-hybridized carbons (Fsp3) is 0.500. The van der Waals surface area contributed by atoms with Crippen molar-refractivity contribution < 1.29 is 14.3 Å². The van der Waals surface area contributed by atoms with Gasteiger partial charge in [0.1, 0.15) is 0 Å². The van der Waals surface area contributed by atoms with Crippen LogP contribution >= 0.6 is 0 Å². The van der Waals surface area contributed by atoms with E-state index in [1.807, 2.05) is 25.1 Å². The van der Waals surface area contributed by atoms with E-state index in [4.69, 9.17) is 26.4 Å². The Morgan fingerprint density at radius 3 is 2.88 bits per heavy atom. The molecule has 2 unspecified atom stereocenters. The summed E-state index contributed by atoms with van der Waals surface area (Å²) < 4.78 is 10.6. The van der Waals surface area contributed by atoms with E-state index < -0.39 is 6.04 Å². The van der Waals surface area contributed by atoms with Gasteiger partial charge in [0, 0.05) is 12.6 Å². The lowest BCUT2D eigenvalue weighted by Gasteiger charge is -2.18. The standard InChI is InChI=1S/C16H25N5O3/c1-10(7-11-4-5-13-14(8-11)24-9-23-13)21-15(22)12(17)3-2-6-20-16(18)19/h4-5,8,10,12H,2-3,6-7,9,17H2,1H3,(H,21,22)(H4,18,19,20). The minimum atomic E-state index is -0.571. The maximum Gasteiger partial charge on any atom is 0.237 e. The quantitative estimate of drug-likeness (QED) is 0.259. The van der Waals surface area contributed by atoms with Crippen molar-refractivity contribution in [2.45, 2.75) is 38.3 Å². The number of hydrogen-bond acceptors (Lipinski definition) is 5. The predicted octanol–water partition coefficient (Wildman–Crippen LogP) is 0.0531. The number of nitrogens with two attached hydrogens (primary N) is 2. The molecule has 7 N–H and O–H groups in total. The van der Waals surface area contributed by atoms with Crippen molar-refractivity contribution in [3.8, 4) is 11.5 Å². The molecule has 132 valence electrons. The molecule has 0 aliphatic carbocycles. The number of rotatable bonds is 8. The SMILES string of the molecule is CC(Cc1ccc2c(c1)OCO2)NC(=O)C(N)CCCNC(=N)N. The van der Waals surface area contributed by atoms with Gasteiger partial charge in [-0.25, -0.2) is 0 Å². The summed E-state index contributed by atoms with van der Waals surface area (Å²) in [6, 6.07) is 5.15. The van der Waals surface area contributed by atoms with E-state index in [-0.39, 0.29) is 24.7 Å². The molecule has 1 amide bonds. The molecule has 2 atom stereocenters. The Bertz CT molecular complexity index is 593. The van der Waals surface area contributed by atoms with Crippen LogP contribution in [0.15, 0.2) is 18.2 Å². The molecule has 0 bridgehead atoms. The molecule has 0 saturated carbocycles. The topological polar surface area (TPSA) is 135 Å². The van der Waals surface area contributed by atoms with E-state index in [0.717, 1.165) is 17.1 Å². The first-order valence-electron chi connectivity index (χ1n) is 7.98. The van der Waals surface area contributed by atoms with Crippen molar-refractivity contribution in [3.63, 3.8) is 0 Å². The molecule has 1 aromatic carbocycles. The molecule has 0 spiro atoms. The second-order valence-corrected chi connectivity index (χ2v) is 5.89. The van der Waals surface area contributed by atoms with Gasteiger partial charge in [-0.3, -0.25) is 10.2 Å². The monoisotopic (exact) mass is 335 g/mol. The van der Waals surface area contributed by atoms with Crippen LogP contribution in [0.5, 0.6) is 11.5 Å². The zero-order valence-electron chi connectivity index (χ0n) is 13.8. The van der Waals surface area contributed by atoms with E-state index in [1.165, 1.54) is 0 Å². The molecule has 0 fully saturated rings. The van der Waals surface area contributed by atoms with Gasteiger partial charge in [-0.15, -0.1) is 0 Å². The number of amides is 1. The smallest absolute Gasteiger partial charge is 0.237 e. The average molecular weight is 335 g/mol. The highest BCUT2D eigenvalue weighted by Gasteiger charge is 2.17. The van der Waals surface area contributed by atoms with E-state index in [9.17, 15) is 4.79 Å². The van der Waals surface area contributed by atoms with Gasteiger partial charge in [-0.2, -0.15) is 0 Å². The van der Waals surface area contributed by atoms with Gasteiger partial charge in [0.15, 0.2) is 17.5 Å². The van der Waals surface area contributed by atoms with Gasteiger partial charge < -0.3 is 31.6 Å². The molecule has 1 aliphatic rings. The van der Waals surface area contributed by atoms with Gasteiger partial charge in [0.05, 0.1) is 6.04 Å². The highest BCUT2D eigenvalue weighted by Crippen LogP contribution is 2.32. The minimum Gasteiger partial charge on any atom is -0.454 e. The molecule has 24 heavy (non-hydrogen) atoms. The average Bonchev–Trinajstić information content (AvgIpc) is 2.98. The predicted molar refractivity (Wildman–Crippen MR) is 91.0 cm³/mol. The Morgan fingerprint density at radius 2 is 2.12 bits per heavy atom. The largest absolute Gasteiger partial charge is 0.454 e. The molecule has 8 heteroatoms. The van der Waals surface area contributed by atoms with Gasteiger partial charge >= 0.3 is 0 Å². The van der Waals surface area contributed by atoms with E-state index in [1.54, 1.807) is 0 Å². The third-order valence-corrected chi connectivity index (χ3v) is 3.71. The summed E-state index contributed by atoms with van der Waals surface area (Å²) in [5.41, 5.74) is 12.1. The Kier molecular flexibility index (Phi) is 6.25. The number of carbonyl (C=O) groups excluding carboxylic acids is 1.